The van der Waals surface area contributed by atoms with Crippen molar-refractivity contribution in [2.45, 2.75) is 50.2 Å². The molecule has 166 valence electrons. The number of carbonyl (C=O) groups is 1. The van der Waals surface area contributed by atoms with Crippen LogP contribution in [0.2, 0.25) is 0 Å². The summed E-state index contributed by atoms with van der Waals surface area (Å²) in [4.78, 5) is 14.8. The molecule has 1 amide bonds. The largest absolute Gasteiger partial charge is 0.487 e. The normalized spacial score (nSPS) is 22.1. The number of methoxy groups -OCH3 is 1. The average molecular weight is 431 g/mol. The van der Waals surface area contributed by atoms with Crippen molar-refractivity contribution < 1.29 is 27.9 Å². The van der Waals surface area contributed by atoms with E-state index in [9.17, 15) is 14.3 Å². The Morgan fingerprint density at radius 2 is 2.00 bits per heavy atom. The van der Waals surface area contributed by atoms with E-state index in [-0.39, 0.29) is 18.4 Å². The van der Waals surface area contributed by atoms with Crippen molar-refractivity contribution >= 4 is 5.91 Å². The van der Waals surface area contributed by atoms with Crippen molar-refractivity contribution in [1.29, 1.82) is 0 Å². The molecule has 1 spiro atoms. The lowest BCUT2D eigenvalue weighted by Crippen LogP contribution is -2.52. The van der Waals surface area contributed by atoms with Crippen molar-refractivity contribution in [2.24, 2.45) is 0 Å². The predicted molar refractivity (Wildman–Crippen MR) is 116 cm³/mol. The van der Waals surface area contributed by atoms with Gasteiger partial charge in [-0.15, -0.1) is 0 Å². The number of hydrogen-bond acceptors (Lipinski definition) is 4. The zero-order valence-corrected chi connectivity index (χ0v) is 17.9. The highest BCUT2D eigenvalue weighted by molar-refractivity contribution is 5.94. The number of rotatable bonds is 4. The highest BCUT2D eigenvalue weighted by atomic mass is 19.1. The second kappa shape index (κ2) is 8.24. The van der Waals surface area contributed by atoms with Crippen LogP contribution in [0.1, 0.15) is 64.6 Å². The Labute approximate surface area is 187 Å². The van der Waals surface area contributed by atoms with E-state index in [0.29, 0.717) is 43.7 Å². The fourth-order valence-corrected chi connectivity index (χ4v) is 4.64. The summed E-state index contributed by atoms with van der Waals surface area (Å²) in [6.07, 6.45) is 1.62. The molecule has 31 heavy (non-hydrogen) atoms. The number of nitrogens with zero attached hydrogens (tertiary/aromatic N) is 1. The van der Waals surface area contributed by atoms with Gasteiger partial charge in [0.15, 0.2) is 0 Å². The van der Waals surface area contributed by atoms with Crippen LogP contribution in [0.15, 0.2) is 42.5 Å². The van der Waals surface area contributed by atoms with Crippen molar-refractivity contribution in [1.82, 2.24) is 4.90 Å². The summed E-state index contributed by atoms with van der Waals surface area (Å²) in [7, 11) is -2.51. The van der Waals surface area contributed by atoms with E-state index >= 15 is 0 Å². The van der Waals surface area contributed by atoms with Crippen molar-refractivity contribution in [3.8, 4) is 5.75 Å². The molecule has 6 heteroatoms. The van der Waals surface area contributed by atoms with E-state index < -0.39 is 24.1 Å². The first-order valence-electron chi connectivity index (χ1n) is 12.1. The fraction of sp³-hybridized carbons (Fsp3) is 0.480. The van der Waals surface area contributed by atoms with Gasteiger partial charge in [0.05, 0.1) is 16.3 Å². The van der Waals surface area contributed by atoms with Crippen LogP contribution in [0.4, 0.5) is 4.39 Å². The minimum atomic E-state index is -2.51. The van der Waals surface area contributed by atoms with Crippen LogP contribution < -0.4 is 4.74 Å². The molecule has 1 N–H and O–H groups in total. The quantitative estimate of drug-likeness (QED) is 0.788. The third-order valence-corrected chi connectivity index (χ3v) is 6.45. The van der Waals surface area contributed by atoms with Gasteiger partial charge in [-0.1, -0.05) is 18.2 Å². The Morgan fingerprint density at radius 1 is 1.29 bits per heavy atom. The molecule has 4 rings (SSSR count). The Morgan fingerprint density at radius 3 is 2.65 bits per heavy atom. The van der Waals surface area contributed by atoms with Crippen LogP contribution >= 0.6 is 0 Å². The van der Waals surface area contributed by atoms with Gasteiger partial charge in [-0.25, -0.2) is 4.39 Å². The number of aliphatic hydroxyl groups is 1. The van der Waals surface area contributed by atoms with Gasteiger partial charge in [-0.3, -0.25) is 4.79 Å². The molecular formula is C25H30FNO4. The first kappa shape index (κ1) is 18.2. The molecule has 1 saturated heterocycles. The molecule has 0 aromatic heterocycles. The molecule has 1 atom stereocenters. The molecule has 0 bridgehead atoms. The highest BCUT2D eigenvalue weighted by Gasteiger charge is 2.44. The smallest absolute Gasteiger partial charge is 0.253 e. The number of piperidine rings is 1. The number of halogens is 1. The maximum atomic E-state index is 13.9. The van der Waals surface area contributed by atoms with Gasteiger partial charge in [0.1, 0.15) is 17.2 Å². The number of benzene rings is 2. The standard InChI is InChI=1S/C25H30FNO4/c1-24(2,29)19-6-4-17(5-7-19)23(28)27-12-10-25(11-13-27)15-18(16-30-3)21-9-8-20(26)14-22(21)31-25/h4-9,14,18,29H,10-13,15-16H2,1-3H3/i3D3. The summed E-state index contributed by atoms with van der Waals surface area (Å²) in [6, 6.07) is 11.2. The molecule has 2 heterocycles. The van der Waals surface area contributed by atoms with Gasteiger partial charge in [0.25, 0.3) is 5.91 Å². The van der Waals surface area contributed by atoms with E-state index in [2.05, 4.69) is 0 Å². The number of amides is 1. The molecule has 2 aliphatic heterocycles. The molecule has 0 aliphatic carbocycles. The fourth-order valence-electron chi connectivity index (χ4n) is 4.64. The summed E-state index contributed by atoms with van der Waals surface area (Å²) >= 11 is 0. The Hall–Kier alpha value is -2.44. The molecule has 2 aromatic rings. The number of likely N-dealkylation sites (tertiary alicyclic amines) is 1. The van der Waals surface area contributed by atoms with E-state index in [1.807, 2.05) is 0 Å². The first-order valence-corrected chi connectivity index (χ1v) is 10.6. The monoisotopic (exact) mass is 430 g/mol. The average Bonchev–Trinajstić information content (AvgIpc) is 2.76. The molecule has 1 unspecified atom stereocenters. The topological polar surface area (TPSA) is 59.0 Å². The minimum absolute atomic E-state index is 0.0174. The molecule has 0 radical (unpaired) electrons. The maximum absolute atomic E-state index is 13.9. The minimum Gasteiger partial charge on any atom is -0.487 e. The van der Waals surface area contributed by atoms with Crippen LogP contribution in [0.5, 0.6) is 5.75 Å². The van der Waals surface area contributed by atoms with Crippen molar-refractivity contribution in [2.75, 3.05) is 26.7 Å². The van der Waals surface area contributed by atoms with Crippen molar-refractivity contribution in [3.05, 3.63) is 65.0 Å². The maximum Gasteiger partial charge on any atom is 0.253 e. The van der Waals surface area contributed by atoms with Crippen molar-refractivity contribution in [3.63, 3.8) is 0 Å². The van der Waals surface area contributed by atoms with Gasteiger partial charge in [0.2, 0.25) is 0 Å². The number of hydrogen-bond donors (Lipinski definition) is 1. The molecule has 0 saturated carbocycles. The summed E-state index contributed by atoms with van der Waals surface area (Å²) < 4.78 is 47.4. The van der Waals surface area contributed by atoms with Gasteiger partial charge >= 0.3 is 0 Å². The molecular weight excluding hydrogens is 397 g/mol. The predicted octanol–water partition coefficient (Wildman–Crippen LogP) is 4.24. The van der Waals surface area contributed by atoms with Gasteiger partial charge in [-0.05, 0) is 49.6 Å². The van der Waals surface area contributed by atoms with Crippen LogP contribution in [0, 0.1) is 5.82 Å². The van der Waals surface area contributed by atoms with Crippen LogP contribution in [0.25, 0.3) is 0 Å². The molecule has 5 nitrogen and oxygen atoms in total. The Bertz CT molecular complexity index is 1040. The van der Waals surface area contributed by atoms with E-state index in [1.165, 1.54) is 12.1 Å². The first-order chi connectivity index (χ1) is 15.9. The van der Waals surface area contributed by atoms with Crippen LogP contribution in [0.3, 0.4) is 0 Å². The second-order valence-corrected chi connectivity index (χ2v) is 9.11. The van der Waals surface area contributed by atoms with Crippen LogP contribution in [-0.2, 0) is 10.3 Å². The lowest BCUT2D eigenvalue weighted by molar-refractivity contribution is -0.0253. The summed E-state index contributed by atoms with van der Waals surface area (Å²) in [5, 5.41) is 10.1. The number of ether oxygens (including phenoxy) is 2. The van der Waals surface area contributed by atoms with E-state index in [0.717, 1.165) is 11.1 Å². The van der Waals surface area contributed by atoms with Gasteiger partial charge in [-0.2, -0.15) is 0 Å². The molecule has 2 aliphatic rings. The van der Waals surface area contributed by atoms with Gasteiger partial charge in [0, 0.05) is 50.5 Å². The Kier molecular flexibility index (Phi) is 4.83. The summed E-state index contributed by atoms with van der Waals surface area (Å²) in [5.74, 6) is -0.358. The van der Waals surface area contributed by atoms with E-state index in [4.69, 9.17) is 13.6 Å². The third-order valence-electron chi connectivity index (χ3n) is 6.45. The lowest BCUT2D eigenvalue weighted by atomic mass is 9.77. The molecule has 2 aromatic carbocycles. The Balaban J connectivity index is 1.47. The molecule has 1 fully saturated rings. The number of fused-ring (bicyclic) bond motifs is 1. The third kappa shape index (κ3) is 4.46. The number of carbonyl (C=O) groups excluding carboxylic acids is 1. The summed E-state index contributed by atoms with van der Waals surface area (Å²) in [6.45, 7) is 4.29. The van der Waals surface area contributed by atoms with Crippen LogP contribution in [-0.4, -0.2) is 48.2 Å². The SMILES string of the molecule is [2H]C([2H])([2H])OCC1CC2(CCN(C(=O)c3ccc(C(C)(C)O)cc3)CC2)Oc2cc(F)ccc21. The zero-order valence-electron chi connectivity index (χ0n) is 20.9. The van der Waals surface area contributed by atoms with Gasteiger partial charge < -0.3 is 19.5 Å². The lowest BCUT2D eigenvalue weighted by Gasteiger charge is -2.46. The highest BCUT2D eigenvalue weighted by Crippen LogP contribution is 2.45. The second-order valence-electron chi connectivity index (χ2n) is 9.11. The van der Waals surface area contributed by atoms with E-state index in [1.54, 1.807) is 49.1 Å². The summed E-state index contributed by atoms with van der Waals surface area (Å²) in [5.41, 5.74) is 0.415. The zero-order chi connectivity index (χ0) is 24.7.